The molecular weight excluding hydrogens is 282 g/mol. The van der Waals surface area contributed by atoms with E-state index >= 15 is 0 Å². The van der Waals surface area contributed by atoms with Crippen molar-refractivity contribution in [3.63, 3.8) is 0 Å². The Hall–Kier alpha value is -1.94. The summed E-state index contributed by atoms with van der Waals surface area (Å²) in [6, 6.07) is 13.6. The van der Waals surface area contributed by atoms with Gasteiger partial charge in [-0.3, -0.25) is 4.79 Å². The van der Waals surface area contributed by atoms with Crippen LogP contribution in [-0.2, 0) is 5.75 Å². The monoisotopic (exact) mass is 301 g/mol. The summed E-state index contributed by atoms with van der Waals surface area (Å²) in [5.41, 5.74) is 1.12. The summed E-state index contributed by atoms with van der Waals surface area (Å²) in [7, 11) is 1.77. The van der Waals surface area contributed by atoms with Gasteiger partial charge in [-0.05, 0) is 24.0 Å². The molecule has 0 fully saturated rings. The molecule has 21 heavy (non-hydrogen) atoms. The van der Waals surface area contributed by atoms with E-state index in [4.69, 9.17) is 4.42 Å². The zero-order chi connectivity index (χ0) is 15.1. The van der Waals surface area contributed by atoms with Crippen molar-refractivity contribution < 1.29 is 9.21 Å². The van der Waals surface area contributed by atoms with Crippen molar-refractivity contribution in [3.05, 3.63) is 65.6 Å². The predicted octanol–water partition coefficient (Wildman–Crippen LogP) is 3.93. The molecule has 0 aliphatic rings. The highest BCUT2D eigenvalue weighted by atomic mass is 32.2. The van der Waals surface area contributed by atoms with Crippen LogP contribution in [0.5, 0.6) is 0 Å². The number of likely N-dealkylation sites (N-methyl/N-ethyl adjacent to an activating group) is 1. The molecule has 1 aromatic carbocycles. The Bertz CT molecular complexity index is 604. The number of thioether (sulfide) groups is 1. The molecule has 110 valence electrons. The highest BCUT2D eigenvalue weighted by Gasteiger charge is 2.14. The number of amides is 1. The number of hydrogen-bond donors (Lipinski definition) is 0. The van der Waals surface area contributed by atoms with Gasteiger partial charge in [0.2, 0.25) is 0 Å². The third-order valence-corrected chi connectivity index (χ3v) is 3.57. The summed E-state index contributed by atoms with van der Waals surface area (Å²) in [6.07, 6.45) is 5.98. The van der Waals surface area contributed by atoms with Gasteiger partial charge >= 0.3 is 0 Å². The van der Waals surface area contributed by atoms with Crippen LogP contribution in [0.3, 0.4) is 0 Å². The van der Waals surface area contributed by atoms with E-state index in [1.807, 2.05) is 54.8 Å². The van der Waals surface area contributed by atoms with Crippen LogP contribution >= 0.6 is 11.8 Å². The van der Waals surface area contributed by atoms with Gasteiger partial charge in [0.05, 0.1) is 5.75 Å². The third-order valence-electron chi connectivity index (χ3n) is 2.99. The first-order valence-electron chi connectivity index (χ1n) is 6.75. The second-order valence-corrected chi connectivity index (χ2v) is 5.56. The van der Waals surface area contributed by atoms with Crippen molar-refractivity contribution >= 4 is 23.7 Å². The largest absolute Gasteiger partial charge is 0.455 e. The maximum atomic E-state index is 12.2. The van der Waals surface area contributed by atoms with Gasteiger partial charge in [-0.2, -0.15) is 11.8 Å². The quantitative estimate of drug-likeness (QED) is 0.810. The molecule has 2 aromatic rings. The molecule has 0 aliphatic heterocycles. The highest BCUT2D eigenvalue weighted by molar-refractivity contribution is 7.97. The summed E-state index contributed by atoms with van der Waals surface area (Å²) in [5.74, 6) is 1.92. The zero-order valence-electron chi connectivity index (χ0n) is 12.3. The minimum Gasteiger partial charge on any atom is -0.455 e. The van der Waals surface area contributed by atoms with Gasteiger partial charge in [-0.25, -0.2) is 0 Å². The van der Waals surface area contributed by atoms with Crippen LogP contribution in [0.15, 0.2) is 53.0 Å². The maximum absolute atomic E-state index is 12.2. The fraction of sp³-hybridized carbons (Fsp3) is 0.235. The lowest BCUT2D eigenvalue weighted by Crippen LogP contribution is -2.26. The van der Waals surface area contributed by atoms with Crippen molar-refractivity contribution in [2.24, 2.45) is 0 Å². The molecule has 0 atom stereocenters. The van der Waals surface area contributed by atoms with Gasteiger partial charge in [-0.15, -0.1) is 0 Å². The first-order valence-corrected chi connectivity index (χ1v) is 8.15. The average molecular weight is 301 g/mol. The molecule has 0 spiro atoms. The molecule has 1 aromatic heterocycles. The van der Waals surface area contributed by atoms with Gasteiger partial charge in [0.25, 0.3) is 5.91 Å². The summed E-state index contributed by atoms with van der Waals surface area (Å²) in [4.78, 5) is 13.8. The Morgan fingerprint density at radius 1 is 1.24 bits per heavy atom. The number of benzene rings is 1. The third kappa shape index (κ3) is 4.53. The number of carbonyl (C=O) groups excluding carboxylic acids is 1. The lowest BCUT2D eigenvalue weighted by Gasteiger charge is -2.12. The topological polar surface area (TPSA) is 33.5 Å². The van der Waals surface area contributed by atoms with E-state index in [0.717, 1.165) is 17.1 Å². The van der Waals surface area contributed by atoms with Crippen LogP contribution in [0.1, 0.15) is 21.9 Å². The van der Waals surface area contributed by atoms with Crippen LogP contribution in [0.2, 0.25) is 0 Å². The van der Waals surface area contributed by atoms with Gasteiger partial charge in [-0.1, -0.05) is 42.5 Å². The van der Waals surface area contributed by atoms with E-state index in [9.17, 15) is 4.79 Å². The second kappa shape index (κ2) is 7.74. The molecule has 1 amide bonds. The zero-order valence-corrected chi connectivity index (χ0v) is 13.1. The molecule has 3 nitrogen and oxygen atoms in total. The van der Waals surface area contributed by atoms with Gasteiger partial charge in [0.1, 0.15) is 5.76 Å². The smallest absolute Gasteiger partial charge is 0.289 e. The molecule has 0 bridgehead atoms. The Balaban J connectivity index is 1.91. The van der Waals surface area contributed by atoms with Crippen LogP contribution in [0.25, 0.3) is 6.08 Å². The summed E-state index contributed by atoms with van der Waals surface area (Å²) >= 11 is 1.67. The fourth-order valence-corrected chi connectivity index (χ4v) is 2.33. The normalized spacial score (nSPS) is 11.0. The number of hydrogen-bond acceptors (Lipinski definition) is 3. The molecular formula is C17H19NO2S. The minimum absolute atomic E-state index is 0.0972. The van der Waals surface area contributed by atoms with Crippen LogP contribution in [0, 0.1) is 0 Å². The van der Waals surface area contributed by atoms with Crippen molar-refractivity contribution in [1.82, 2.24) is 4.90 Å². The lowest BCUT2D eigenvalue weighted by molar-refractivity contribution is 0.0777. The Morgan fingerprint density at radius 2 is 2.00 bits per heavy atom. The minimum atomic E-state index is -0.0972. The summed E-state index contributed by atoms with van der Waals surface area (Å²) < 4.78 is 5.54. The summed E-state index contributed by atoms with van der Waals surface area (Å²) in [5, 5.41) is 0. The van der Waals surface area contributed by atoms with E-state index in [1.54, 1.807) is 29.8 Å². The van der Waals surface area contributed by atoms with E-state index < -0.39 is 0 Å². The molecule has 0 saturated heterocycles. The molecule has 1 heterocycles. The molecule has 0 saturated carbocycles. The number of nitrogens with zero attached hydrogens (tertiary/aromatic N) is 1. The average Bonchev–Trinajstić information content (AvgIpc) is 2.96. The van der Waals surface area contributed by atoms with E-state index in [-0.39, 0.29) is 5.91 Å². The SMILES string of the molecule is CSCc1ccc(C(=O)N(C)CC=Cc2ccccc2)o1. The summed E-state index contributed by atoms with van der Waals surface area (Å²) in [6.45, 7) is 0.548. The van der Waals surface area contributed by atoms with Crippen molar-refractivity contribution in [2.75, 3.05) is 19.8 Å². The first kappa shape index (κ1) is 15.4. The Kier molecular flexibility index (Phi) is 5.69. The second-order valence-electron chi connectivity index (χ2n) is 4.70. The molecule has 0 N–H and O–H groups in total. The molecule has 0 radical (unpaired) electrons. The van der Waals surface area contributed by atoms with E-state index in [2.05, 4.69) is 0 Å². The van der Waals surface area contributed by atoms with Crippen LogP contribution < -0.4 is 0 Å². The van der Waals surface area contributed by atoms with Crippen molar-refractivity contribution in [1.29, 1.82) is 0 Å². The highest BCUT2D eigenvalue weighted by Crippen LogP contribution is 2.14. The van der Waals surface area contributed by atoms with Gasteiger partial charge in [0, 0.05) is 13.6 Å². The Labute approximate surface area is 129 Å². The number of furan rings is 1. The van der Waals surface area contributed by atoms with Crippen LogP contribution in [-0.4, -0.2) is 30.7 Å². The van der Waals surface area contributed by atoms with Crippen molar-refractivity contribution in [3.8, 4) is 0 Å². The van der Waals surface area contributed by atoms with Gasteiger partial charge in [0.15, 0.2) is 5.76 Å². The molecule has 0 aliphatic carbocycles. The predicted molar refractivity (Wildman–Crippen MR) is 88.4 cm³/mol. The van der Waals surface area contributed by atoms with Crippen LogP contribution in [0.4, 0.5) is 0 Å². The lowest BCUT2D eigenvalue weighted by atomic mass is 10.2. The van der Waals surface area contributed by atoms with Gasteiger partial charge < -0.3 is 9.32 Å². The van der Waals surface area contributed by atoms with Crippen molar-refractivity contribution in [2.45, 2.75) is 5.75 Å². The van der Waals surface area contributed by atoms with E-state index in [0.29, 0.717) is 12.3 Å². The number of rotatable bonds is 6. The fourth-order valence-electron chi connectivity index (χ4n) is 1.89. The number of carbonyl (C=O) groups is 1. The standard InChI is InChI=1S/C17H19NO2S/c1-18(12-6-9-14-7-4-3-5-8-14)17(19)16-11-10-15(20-16)13-21-2/h3-11H,12-13H2,1-2H3. The Morgan fingerprint density at radius 3 is 2.71 bits per heavy atom. The first-order chi connectivity index (χ1) is 10.2. The van der Waals surface area contributed by atoms with E-state index in [1.165, 1.54) is 0 Å². The molecule has 0 unspecified atom stereocenters. The maximum Gasteiger partial charge on any atom is 0.289 e. The molecule has 4 heteroatoms. The molecule has 2 rings (SSSR count).